The third-order valence-electron chi connectivity index (χ3n) is 4.52. The lowest BCUT2D eigenvalue weighted by Crippen LogP contribution is -2.12. The first-order chi connectivity index (χ1) is 14.5. The van der Waals surface area contributed by atoms with Gasteiger partial charge in [-0.2, -0.15) is 5.10 Å². The molecule has 0 spiro atoms. The second-order valence-corrected chi connectivity index (χ2v) is 6.73. The molecule has 1 N–H and O–H groups in total. The Morgan fingerprint density at radius 3 is 2.80 bits per heavy atom. The molecule has 6 nitrogen and oxygen atoms in total. The number of carbonyl (C=O) groups excluding carboxylic acids is 1. The van der Waals surface area contributed by atoms with Gasteiger partial charge in [-0.25, -0.2) is 18.4 Å². The number of benzene rings is 2. The SMILES string of the molecule is Cc1ccnn1-c1cccc(NC(=O)CCc2ncc(-c3ccc(F)cc3F)o2)c1. The molecule has 0 unspecified atom stereocenters. The highest BCUT2D eigenvalue weighted by molar-refractivity contribution is 5.91. The van der Waals surface area contributed by atoms with Crippen molar-refractivity contribution in [3.63, 3.8) is 0 Å². The average molecular weight is 408 g/mol. The van der Waals surface area contributed by atoms with Crippen molar-refractivity contribution in [2.45, 2.75) is 19.8 Å². The van der Waals surface area contributed by atoms with Crippen LogP contribution in [0.5, 0.6) is 0 Å². The topological polar surface area (TPSA) is 73.0 Å². The van der Waals surface area contributed by atoms with Gasteiger partial charge in [-0.3, -0.25) is 4.79 Å². The summed E-state index contributed by atoms with van der Waals surface area (Å²) in [5, 5.41) is 7.09. The van der Waals surface area contributed by atoms with E-state index in [2.05, 4.69) is 15.4 Å². The van der Waals surface area contributed by atoms with Crippen LogP contribution in [-0.2, 0) is 11.2 Å². The standard InChI is InChI=1S/C22H18F2N4O2/c1-14-9-10-26-28(14)17-4-2-3-16(12-17)27-21(29)7-8-22-25-13-20(30-22)18-6-5-15(23)11-19(18)24/h2-6,9-13H,7-8H2,1H3,(H,27,29). The minimum Gasteiger partial charge on any atom is -0.441 e. The molecule has 30 heavy (non-hydrogen) atoms. The van der Waals surface area contributed by atoms with Crippen LogP contribution in [0.4, 0.5) is 14.5 Å². The maximum Gasteiger partial charge on any atom is 0.224 e. The van der Waals surface area contributed by atoms with E-state index < -0.39 is 11.6 Å². The lowest BCUT2D eigenvalue weighted by atomic mass is 10.2. The molecular weight excluding hydrogens is 390 g/mol. The van der Waals surface area contributed by atoms with E-state index in [0.717, 1.165) is 23.5 Å². The molecule has 8 heteroatoms. The normalized spacial score (nSPS) is 10.9. The number of halogens is 2. The second kappa shape index (κ2) is 8.28. The van der Waals surface area contributed by atoms with Crippen LogP contribution in [0.3, 0.4) is 0 Å². The summed E-state index contributed by atoms with van der Waals surface area (Å²) in [4.78, 5) is 16.4. The quantitative estimate of drug-likeness (QED) is 0.503. The predicted octanol–water partition coefficient (Wildman–Crippen LogP) is 4.69. The van der Waals surface area contributed by atoms with Crippen molar-refractivity contribution in [1.29, 1.82) is 0 Å². The molecule has 0 aliphatic carbocycles. The molecule has 0 radical (unpaired) electrons. The first-order valence-corrected chi connectivity index (χ1v) is 9.30. The lowest BCUT2D eigenvalue weighted by molar-refractivity contribution is -0.116. The van der Waals surface area contributed by atoms with Gasteiger partial charge in [0.05, 0.1) is 17.4 Å². The van der Waals surface area contributed by atoms with E-state index in [1.54, 1.807) is 16.9 Å². The van der Waals surface area contributed by atoms with Gasteiger partial charge in [0.2, 0.25) is 5.91 Å². The van der Waals surface area contributed by atoms with Crippen LogP contribution < -0.4 is 5.32 Å². The zero-order chi connectivity index (χ0) is 21.1. The smallest absolute Gasteiger partial charge is 0.224 e. The fourth-order valence-corrected chi connectivity index (χ4v) is 3.04. The average Bonchev–Trinajstić information content (AvgIpc) is 3.35. The second-order valence-electron chi connectivity index (χ2n) is 6.73. The first kappa shape index (κ1) is 19.5. The highest BCUT2D eigenvalue weighted by atomic mass is 19.1. The highest BCUT2D eigenvalue weighted by Crippen LogP contribution is 2.24. The highest BCUT2D eigenvalue weighted by Gasteiger charge is 2.13. The van der Waals surface area contributed by atoms with Crippen LogP contribution in [-0.4, -0.2) is 20.7 Å². The Hall–Kier alpha value is -3.81. The number of rotatable bonds is 6. The molecule has 4 rings (SSSR count). The largest absolute Gasteiger partial charge is 0.441 e. The third-order valence-corrected chi connectivity index (χ3v) is 4.52. The van der Waals surface area contributed by atoms with Crippen LogP contribution in [0.1, 0.15) is 18.0 Å². The van der Waals surface area contributed by atoms with Gasteiger partial charge in [0, 0.05) is 36.5 Å². The molecule has 0 bridgehead atoms. The molecule has 152 valence electrons. The summed E-state index contributed by atoms with van der Waals surface area (Å²) in [5.74, 6) is -1.13. The summed E-state index contributed by atoms with van der Waals surface area (Å²) in [7, 11) is 0. The van der Waals surface area contributed by atoms with Crippen molar-refractivity contribution in [3.8, 4) is 17.0 Å². The van der Waals surface area contributed by atoms with Gasteiger partial charge in [-0.05, 0) is 43.3 Å². The molecule has 4 aromatic rings. The van der Waals surface area contributed by atoms with Gasteiger partial charge >= 0.3 is 0 Å². The maximum atomic E-state index is 13.9. The summed E-state index contributed by atoms with van der Waals surface area (Å²) in [6.45, 7) is 1.95. The fourth-order valence-electron chi connectivity index (χ4n) is 3.04. The van der Waals surface area contributed by atoms with Crippen molar-refractivity contribution in [2.75, 3.05) is 5.32 Å². The summed E-state index contributed by atoms with van der Waals surface area (Å²) >= 11 is 0. The van der Waals surface area contributed by atoms with Crippen LogP contribution in [0, 0.1) is 18.6 Å². The van der Waals surface area contributed by atoms with Gasteiger partial charge in [0.1, 0.15) is 11.6 Å². The van der Waals surface area contributed by atoms with E-state index in [1.165, 1.54) is 12.3 Å². The Labute approximate surface area is 171 Å². The van der Waals surface area contributed by atoms with Gasteiger partial charge in [0.25, 0.3) is 0 Å². The molecule has 0 aliphatic heterocycles. The van der Waals surface area contributed by atoms with Crippen LogP contribution in [0.2, 0.25) is 0 Å². The van der Waals surface area contributed by atoms with Crippen molar-refractivity contribution in [3.05, 3.63) is 84.1 Å². The van der Waals surface area contributed by atoms with Gasteiger partial charge in [-0.15, -0.1) is 0 Å². The van der Waals surface area contributed by atoms with Gasteiger partial charge < -0.3 is 9.73 Å². The number of aromatic nitrogens is 3. The Morgan fingerprint density at radius 1 is 1.17 bits per heavy atom. The zero-order valence-corrected chi connectivity index (χ0v) is 16.1. The number of anilines is 1. The number of amides is 1. The van der Waals surface area contributed by atoms with Crippen molar-refractivity contribution in [1.82, 2.24) is 14.8 Å². The molecule has 0 aliphatic rings. The molecule has 2 aromatic carbocycles. The summed E-state index contributed by atoms with van der Waals surface area (Å²) in [6.07, 6.45) is 3.45. The Kier molecular flexibility index (Phi) is 5.38. The summed E-state index contributed by atoms with van der Waals surface area (Å²) in [5.41, 5.74) is 2.59. The van der Waals surface area contributed by atoms with E-state index in [9.17, 15) is 13.6 Å². The summed E-state index contributed by atoms with van der Waals surface area (Å²) < 4.78 is 34.2. The first-order valence-electron chi connectivity index (χ1n) is 9.30. The Bertz CT molecular complexity index is 1200. The zero-order valence-electron chi connectivity index (χ0n) is 16.1. The number of nitrogens with zero attached hydrogens (tertiary/aromatic N) is 3. The van der Waals surface area contributed by atoms with E-state index in [4.69, 9.17) is 4.42 Å². The van der Waals surface area contributed by atoms with Gasteiger partial charge in [0.15, 0.2) is 11.7 Å². The maximum absolute atomic E-state index is 13.9. The van der Waals surface area contributed by atoms with Crippen molar-refractivity contribution >= 4 is 11.6 Å². The number of oxazole rings is 1. The molecule has 0 fully saturated rings. The third kappa shape index (κ3) is 4.27. The molecule has 2 aromatic heterocycles. The Morgan fingerprint density at radius 2 is 2.03 bits per heavy atom. The Balaban J connectivity index is 1.38. The lowest BCUT2D eigenvalue weighted by Gasteiger charge is -2.08. The minimum absolute atomic E-state index is 0.116. The number of hydrogen-bond donors (Lipinski definition) is 1. The van der Waals surface area contributed by atoms with E-state index in [0.29, 0.717) is 11.6 Å². The number of hydrogen-bond acceptors (Lipinski definition) is 4. The van der Waals surface area contributed by atoms with Crippen molar-refractivity contribution in [2.24, 2.45) is 0 Å². The predicted molar refractivity (Wildman–Crippen MR) is 107 cm³/mol. The molecule has 2 heterocycles. The van der Waals surface area contributed by atoms with Crippen LogP contribution in [0.15, 0.2) is 65.3 Å². The van der Waals surface area contributed by atoms with E-state index in [-0.39, 0.29) is 30.1 Å². The van der Waals surface area contributed by atoms with E-state index in [1.807, 2.05) is 31.2 Å². The van der Waals surface area contributed by atoms with Crippen LogP contribution in [0.25, 0.3) is 17.0 Å². The molecule has 0 saturated heterocycles. The van der Waals surface area contributed by atoms with E-state index >= 15 is 0 Å². The number of aryl methyl sites for hydroxylation is 2. The van der Waals surface area contributed by atoms with Crippen molar-refractivity contribution < 1.29 is 18.0 Å². The number of carbonyl (C=O) groups is 1. The molecule has 0 saturated carbocycles. The fraction of sp³-hybridized carbons (Fsp3) is 0.136. The molecular formula is C22H18F2N4O2. The van der Waals surface area contributed by atoms with Crippen LogP contribution >= 0.6 is 0 Å². The molecule has 1 amide bonds. The molecule has 0 atom stereocenters. The number of nitrogens with one attached hydrogen (secondary N) is 1. The summed E-state index contributed by atoms with van der Waals surface area (Å²) in [6, 6.07) is 12.5. The van der Waals surface area contributed by atoms with Gasteiger partial charge in [-0.1, -0.05) is 6.07 Å². The minimum atomic E-state index is -0.734. The monoisotopic (exact) mass is 408 g/mol.